The standard InChI is InChI=1S/C21H35N5O6/c1-5-6-11-31-26-15-7-8-16(25(13-15)19(26)29)18(28)23-22-17(27)14-9-10-24(12-14)20(30)32-21(2,3)4/h14-16H,5-13H2,1-4H3,(H,22,27)(H,23,28)/t14?,15-,16-/m0/s1. The largest absolute Gasteiger partial charge is 0.444 e. The Morgan fingerprint density at radius 2 is 1.78 bits per heavy atom. The number of nitrogens with zero attached hydrogens (tertiary/aromatic N) is 3. The van der Waals surface area contributed by atoms with E-state index < -0.39 is 29.6 Å². The first-order chi connectivity index (χ1) is 15.1. The number of likely N-dealkylation sites (tertiary alicyclic amines) is 1. The fourth-order valence-corrected chi connectivity index (χ4v) is 4.15. The van der Waals surface area contributed by atoms with E-state index >= 15 is 0 Å². The number of urea groups is 1. The Morgan fingerprint density at radius 3 is 2.47 bits per heavy atom. The first kappa shape index (κ1) is 24.1. The second kappa shape index (κ2) is 9.93. The number of rotatable bonds is 6. The fourth-order valence-electron chi connectivity index (χ4n) is 4.15. The van der Waals surface area contributed by atoms with E-state index in [4.69, 9.17) is 9.57 Å². The summed E-state index contributed by atoms with van der Waals surface area (Å²) in [5.41, 5.74) is 4.31. The second-order valence-electron chi connectivity index (χ2n) is 9.58. The molecule has 0 aromatic heterocycles. The van der Waals surface area contributed by atoms with Gasteiger partial charge in [0.15, 0.2) is 0 Å². The molecule has 1 unspecified atom stereocenters. The van der Waals surface area contributed by atoms with Crippen molar-refractivity contribution in [2.75, 3.05) is 26.2 Å². The second-order valence-corrected chi connectivity index (χ2v) is 9.58. The third-order valence-corrected chi connectivity index (χ3v) is 5.87. The summed E-state index contributed by atoms with van der Waals surface area (Å²) >= 11 is 0. The van der Waals surface area contributed by atoms with Crippen LogP contribution in [0.15, 0.2) is 0 Å². The number of carbonyl (C=O) groups excluding carboxylic acids is 4. The van der Waals surface area contributed by atoms with Gasteiger partial charge in [0.25, 0.3) is 5.91 Å². The first-order valence-electron chi connectivity index (χ1n) is 11.4. The minimum Gasteiger partial charge on any atom is -0.444 e. The molecule has 3 fully saturated rings. The molecule has 0 spiro atoms. The van der Waals surface area contributed by atoms with Crippen molar-refractivity contribution >= 4 is 23.9 Å². The van der Waals surface area contributed by atoms with Gasteiger partial charge in [0.05, 0.1) is 18.6 Å². The van der Waals surface area contributed by atoms with E-state index in [9.17, 15) is 19.2 Å². The molecule has 2 bridgehead atoms. The Bertz CT molecular complexity index is 739. The van der Waals surface area contributed by atoms with Crippen molar-refractivity contribution in [3.63, 3.8) is 0 Å². The van der Waals surface area contributed by atoms with Crippen molar-refractivity contribution in [1.29, 1.82) is 0 Å². The zero-order chi connectivity index (χ0) is 23.5. The minimum atomic E-state index is -0.652. The molecule has 3 aliphatic heterocycles. The van der Waals surface area contributed by atoms with Crippen LogP contribution in [0.5, 0.6) is 0 Å². The van der Waals surface area contributed by atoms with Gasteiger partial charge in [-0.1, -0.05) is 13.3 Å². The lowest BCUT2D eigenvalue weighted by molar-refractivity contribution is -0.133. The summed E-state index contributed by atoms with van der Waals surface area (Å²) in [6.07, 6.45) is 3.03. The van der Waals surface area contributed by atoms with Crippen LogP contribution in [0.1, 0.15) is 59.8 Å². The number of carbonyl (C=O) groups is 4. The molecule has 3 atom stereocenters. The lowest BCUT2D eigenvalue weighted by Gasteiger charge is -2.29. The maximum absolute atomic E-state index is 12.7. The molecule has 3 heterocycles. The third-order valence-electron chi connectivity index (χ3n) is 5.87. The predicted octanol–water partition coefficient (Wildman–Crippen LogP) is 1.39. The number of hydrogen-bond donors (Lipinski definition) is 2. The van der Waals surface area contributed by atoms with Gasteiger partial charge in [-0.2, -0.15) is 5.06 Å². The van der Waals surface area contributed by atoms with E-state index in [1.54, 1.807) is 20.8 Å². The van der Waals surface area contributed by atoms with Crippen LogP contribution in [0.25, 0.3) is 0 Å². The number of amides is 5. The zero-order valence-electron chi connectivity index (χ0n) is 19.4. The number of fused-ring (bicyclic) bond motifs is 2. The molecule has 3 saturated heterocycles. The van der Waals surface area contributed by atoms with Crippen LogP contribution in [0, 0.1) is 5.92 Å². The van der Waals surface area contributed by atoms with E-state index in [1.165, 1.54) is 14.9 Å². The topological polar surface area (TPSA) is 121 Å². The molecule has 0 aromatic rings. The van der Waals surface area contributed by atoms with Gasteiger partial charge in [0.1, 0.15) is 11.6 Å². The highest BCUT2D eigenvalue weighted by molar-refractivity contribution is 5.90. The van der Waals surface area contributed by atoms with E-state index in [1.807, 2.05) is 6.92 Å². The van der Waals surface area contributed by atoms with Gasteiger partial charge in [-0.05, 0) is 46.5 Å². The molecule has 11 heteroatoms. The smallest absolute Gasteiger partial charge is 0.410 e. The summed E-state index contributed by atoms with van der Waals surface area (Å²) in [6, 6.07) is -1.00. The summed E-state index contributed by atoms with van der Waals surface area (Å²) in [5, 5.41) is 1.39. The molecule has 180 valence electrons. The van der Waals surface area contributed by atoms with Crippen LogP contribution in [-0.2, 0) is 19.2 Å². The maximum atomic E-state index is 12.7. The molecule has 0 aliphatic carbocycles. The van der Waals surface area contributed by atoms with Crippen molar-refractivity contribution in [2.45, 2.75) is 77.5 Å². The number of hydroxylamine groups is 2. The number of unbranched alkanes of at least 4 members (excludes halogenated alkanes) is 1. The Hall–Kier alpha value is -2.56. The Labute approximate surface area is 188 Å². The van der Waals surface area contributed by atoms with Crippen LogP contribution in [0.2, 0.25) is 0 Å². The molecule has 11 nitrogen and oxygen atoms in total. The fraction of sp³-hybridized carbons (Fsp3) is 0.810. The van der Waals surface area contributed by atoms with Gasteiger partial charge in [-0.15, -0.1) is 0 Å². The van der Waals surface area contributed by atoms with Crippen molar-refractivity contribution in [2.24, 2.45) is 5.92 Å². The first-order valence-corrected chi connectivity index (χ1v) is 11.4. The maximum Gasteiger partial charge on any atom is 0.410 e. The highest BCUT2D eigenvalue weighted by Crippen LogP contribution is 2.30. The van der Waals surface area contributed by atoms with Gasteiger partial charge in [-0.3, -0.25) is 25.3 Å². The predicted molar refractivity (Wildman–Crippen MR) is 114 cm³/mol. The monoisotopic (exact) mass is 453 g/mol. The van der Waals surface area contributed by atoms with Gasteiger partial charge in [0, 0.05) is 19.6 Å². The highest BCUT2D eigenvalue weighted by atomic mass is 16.7. The van der Waals surface area contributed by atoms with Crippen LogP contribution < -0.4 is 10.9 Å². The van der Waals surface area contributed by atoms with E-state index in [2.05, 4.69) is 10.9 Å². The lowest BCUT2D eigenvalue weighted by atomic mass is 10.0. The normalized spacial score (nSPS) is 25.2. The Morgan fingerprint density at radius 1 is 1.06 bits per heavy atom. The molecular weight excluding hydrogens is 418 g/mol. The molecule has 2 N–H and O–H groups in total. The summed E-state index contributed by atoms with van der Waals surface area (Å²) in [7, 11) is 0. The van der Waals surface area contributed by atoms with Crippen LogP contribution in [0.4, 0.5) is 9.59 Å². The van der Waals surface area contributed by atoms with Crippen LogP contribution in [-0.4, -0.2) is 82.7 Å². The van der Waals surface area contributed by atoms with E-state index in [0.717, 1.165) is 12.8 Å². The number of hydrogen-bond acceptors (Lipinski definition) is 6. The van der Waals surface area contributed by atoms with E-state index in [-0.39, 0.29) is 24.5 Å². The zero-order valence-corrected chi connectivity index (χ0v) is 19.4. The SMILES string of the molecule is CCCCON1C(=O)N2C[C@@H]1CC[C@H]2C(=O)NNC(=O)C1CCN(C(=O)OC(C)(C)C)C1. The van der Waals surface area contributed by atoms with Gasteiger partial charge in [0.2, 0.25) is 5.91 Å². The third kappa shape index (κ3) is 5.62. The van der Waals surface area contributed by atoms with Crippen molar-refractivity contribution in [3.8, 4) is 0 Å². The van der Waals surface area contributed by atoms with Gasteiger partial charge in [-0.25, -0.2) is 9.59 Å². The molecule has 32 heavy (non-hydrogen) atoms. The quantitative estimate of drug-likeness (QED) is 0.463. The molecule has 3 aliphatic rings. The van der Waals surface area contributed by atoms with Crippen LogP contribution >= 0.6 is 0 Å². The molecule has 5 amide bonds. The molecule has 0 aromatic carbocycles. The summed E-state index contributed by atoms with van der Waals surface area (Å²) in [5.74, 6) is -1.23. The molecule has 0 radical (unpaired) electrons. The number of ether oxygens (including phenoxy) is 1. The van der Waals surface area contributed by atoms with E-state index in [0.29, 0.717) is 39.0 Å². The van der Waals surface area contributed by atoms with Gasteiger partial charge >= 0.3 is 12.1 Å². The Kier molecular flexibility index (Phi) is 7.47. The molecule has 3 rings (SSSR count). The number of hydrazine groups is 1. The van der Waals surface area contributed by atoms with Crippen LogP contribution in [0.3, 0.4) is 0 Å². The number of piperidine rings is 1. The van der Waals surface area contributed by atoms with Crippen molar-refractivity contribution < 1.29 is 28.8 Å². The molecule has 0 saturated carbocycles. The average molecular weight is 454 g/mol. The number of nitrogens with one attached hydrogen (secondary N) is 2. The molecular formula is C21H35N5O6. The lowest BCUT2D eigenvalue weighted by Crippen LogP contribution is -2.55. The summed E-state index contributed by atoms with van der Waals surface area (Å²) in [6.45, 7) is 8.97. The summed E-state index contributed by atoms with van der Waals surface area (Å²) in [4.78, 5) is 58.6. The van der Waals surface area contributed by atoms with Crippen molar-refractivity contribution in [1.82, 2.24) is 25.7 Å². The van der Waals surface area contributed by atoms with Gasteiger partial charge < -0.3 is 14.5 Å². The average Bonchev–Trinajstić information content (AvgIpc) is 3.31. The minimum absolute atomic E-state index is 0.0460. The van der Waals surface area contributed by atoms with Crippen molar-refractivity contribution in [3.05, 3.63) is 0 Å². The summed E-state index contributed by atoms with van der Waals surface area (Å²) < 4.78 is 5.34. The highest BCUT2D eigenvalue weighted by Gasteiger charge is 2.48. The Balaban J connectivity index is 1.45.